The summed E-state index contributed by atoms with van der Waals surface area (Å²) in [4.78, 5) is 11.4. The molecule has 0 bridgehead atoms. The zero-order valence-electron chi connectivity index (χ0n) is 14.6. The molecule has 0 spiro atoms. The van der Waals surface area contributed by atoms with Crippen molar-refractivity contribution in [3.8, 4) is 11.6 Å². The lowest BCUT2D eigenvalue weighted by atomic mass is 10.0. The molecule has 28 heavy (non-hydrogen) atoms. The van der Waals surface area contributed by atoms with Crippen molar-refractivity contribution in [2.24, 2.45) is 5.92 Å². The monoisotopic (exact) mass is 412 g/mol. The second-order valence-electron chi connectivity index (χ2n) is 6.60. The number of amides is 1. The third-order valence-electron chi connectivity index (χ3n) is 4.55. The second-order valence-corrected chi connectivity index (χ2v) is 8.20. The van der Waals surface area contributed by atoms with Gasteiger partial charge in [-0.1, -0.05) is 0 Å². The molecule has 150 valence electrons. The van der Waals surface area contributed by atoms with Gasteiger partial charge in [-0.15, -0.1) is 10.2 Å². The Morgan fingerprint density at radius 3 is 2.89 bits per heavy atom. The van der Waals surface area contributed by atoms with Crippen molar-refractivity contribution in [1.29, 1.82) is 0 Å². The van der Waals surface area contributed by atoms with Crippen LogP contribution < -0.4 is 13.8 Å². The average Bonchev–Trinajstić information content (AvgIpc) is 2.93. The Hall–Kier alpha value is -2.73. The van der Waals surface area contributed by atoms with Crippen LogP contribution >= 0.6 is 0 Å². The van der Waals surface area contributed by atoms with Gasteiger partial charge in [0.2, 0.25) is 5.88 Å². The fourth-order valence-electron chi connectivity index (χ4n) is 3.20. The molecule has 2 N–H and O–H groups in total. The van der Waals surface area contributed by atoms with Crippen molar-refractivity contribution in [2.45, 2.75) is 12.8 Å². The number of nitrogens with one attached hydrogen (secondary N) is 1. The van der Waals surface area contributed by atoms with E-state index in [1.54, 1.807) is 4.72 Å². The number of hydrogen-bond donors (Lipinski definition) is 2. The van der Waals surface area contributed by atoms with Gasteiger partial charge >= 0.3 is 10.2 Å². The summed E-state index contributed by atoms with van der Waals surface area (Å²) in [6, 6.07) is 2.36. The van der Waals surface area contributed by atoms with E-state index < -0.39 is 39.9 Å². The molecule has 2 fully saturated rings. The van der Waals surface area contributed by atoms with Gasteiger partial charge in [0, 0.05) is 30.0 Å². The molecule has 2 aliphatic rings. The minimum absolute atomic E-state index is 0.0166. The van der Waals surface area contributed by atoms with E-state index in [-0.39, 0.29) is 22.7 Å². The number of ether oxygens (including phenoxy) is 2. The van der Waals surface area contributed by atoms with E-state index in [2.05, 4.69) is 10.2 Å². The fraction of sp³-hybridized carbons (Fsp3) is 0.438. The zero-order valence-corrected chi connectivity index (χ0v) is 15.4. The molecule has 12 heteroatoms. The number of hydrogen-bond acceptors (Lipinski definition) is 8. The van der Waals surface area contributed by atoms with Crippen LogP contribution in [0.25, 0.3) is 10.9 Å². The maximum Gasteiger partial charge on any atom is 0.326 e. The van der Waals surface area contributed by atoms with Crippen LogP contribution in [-0.2, 0) is 19.7 Å². The number of anilines is 1. The number of aromatic hydroxyl groups is 1. The number of benzene rings is 1. The molecule has 0 saturated carbocycles. The highest BCUT2D eigenvalue weighted by Crippen LogP contribution is 2.38. The lowest BCUT2D eigenvalue weighted by molar-refractivity contribution is -0.117. The maximum atomic E-state index is 15.1. The quantitative estimate of drug-likeness (QED) is 0.741. The summed E-state index contributed by atoms with van der Waals surface area (Å²) in [6.07, 6.45) is 1.88. The van der Waals surface area contributed by atoms with E-state index in [0.29, 0.717) is 17.5 Å². The molecular formula is C16H17FN4O6S. The molecule has 1 atom stereocenters. The third-order valence-corrected chi connectivity index (χ3v) is 5.93. The standard InChI is InChI=1S/C16H17FN4O6S/c17-15-10-4-14(27-8-9-2-1-3-26-7-9)19-18-11(10)5-12(22)16(15)21-6-13(23)20-28(21,24)25/h4-5,9,22H,1-3,6-8H2,(H,20,23). The van der Waals surface area contributed by atoms with Crippen molar-refractivity contribution in [3.63, 3.8) is 0 Å². The van der Waals surface area contributed by atoms with E-state index in [4.69, 9.17) is 9.47 Å². The SMILES string of the molecule is O=C1CN(c2c(O)cc3nnc(OCC4CCCOC4)cc3c2F)S(=O)(=O)N1. The zero-order chi connectivity index (χ0) is 19.9. The summed E-state index contributed by atoms with van der Waals surface area (Å²) in [7, 11) is -4.29. The number of fused-ring (bicyclic) bond motifs is 1. The predicted molar refractivity (Wildman–Crippen MR) is 94.6 cm³/mol. The van der Waals surface area contributed by atoms with Crippen molar-refractivity contribution in [2.75, 3.05) is 30.7 Å². The fourth-order valence-corrected chi connectivity index (χ4v) is 4.36. The largest absolute Gasteiger partial charge is 0.506 e. The van der Waals surface area contributed by atoms with E-state index in [9.17, 15) is 18.3 Å². The molecule has 2 saturated heterocycles. The first kappa shape index (κ1) is 18.6. The molecule has 0 aliphatic carbocycles. The van der Waals surface area contributed by atoms with Gasteiger partial charge in [0.05, 0.1) is 13.2 Å². The topological polar surface area (TPSA) is 131 Å². The first-order valence-electron chi connectivity index (χ1n) is 8.58. The van der Waals surface area contributed by atoms with Crippen molar-refractivity contribution < 1.29 is 32.2 Å². The van der Waals surface area contributed by atoms with E-state index in [0.717, 1.165) is 25.5 Å². The lowest BCUT2D eigenvalue weighted by Crippen LogP contribution is -2.30. The second kappa shape index (κ2) is 7.02. The molecule has 1 amide bonds. The van der Waals surface area contributed by atoms with Gasteiger partial charge in [0.1, 0.15) is 23.5 Å². The number of carbonyl (C=O) groups is 1. The van der Waals surface area contributed by atoms with Crippen molar-refractivity contribution in [1.82, 2.24) is 14.9 Å². The van der Waals surface area contributed by atoms with Gasteiger partial charge in [0.25, 0.3) is 5.91 Å². The van der Waals surface area contributed by atoms with Gasteiger partial charge in [-0.25, -0.2) is 13.4 Å². The van der Waals surface area contributed by atoms with Crippen LogP contribution in [0.2, 0.25) is 0 Å². The Kier molecular flexibility index (Phi) is 4.67. The highest BCUT2D eigenvalue weighted by atomic mass is 32.2. The van der Waals surface area contributed by atoms with Crippen LogP contribution in [0.15, 0.2) is 12.1 Å². The molecule has 4 rings (SSSR count). The summed E-state index contributed by atoms with van der Waals surface area (Å²) in [5, 5.41) is 17.7. The molecule has 10 nitrogen and oxygen atoms in total. The number of phenolic OH excluding ortho intramolecular Hbond substituents is 1. The van der Waals surface area contributed by atoms with Crippen LogP contribution in [0.4, 0.5) is 10.1 Å². The highest BCUT2D eigenvalue weighted by molar-refractivity contribution is 7.92. The van der Waals surface area contributed by atoms with Crippen LogP contribution in [-0.4, -0.2) is 56.0 Å². The van der Waals surface area contributed by atoms with E-state index >= 15 is 4.39 Å². The molecule has 1 unspecified atom stereocenters. The van der Waals surface area contributed by atoms with Gasteiger partial charge in [-0.2, -0.15) is 8.42 Å². The van der Waals surface area contributed by atoms with Crippen molar-refractivity contribution >= 4 is 32.7 Å². The van der Waals surface area contributed by atoms with E-state index in [1.165, 1.54) is 6.07 Å². The molecule has 0 radical (unpaired) electrons. The minimum atomic E-state index is -4.29. The number of rotatable bonds is 4. The molecule has 1 aromatic heterocycles. The summed E-state index contributed by atoms with van der Waals surface area (Å²) in [5.41, 5.74) is -0.617. The van der Waals surface area contributed by atoms with Crippen LogP contribution in [0.5, 0.6) is 11.6 Å². The molecule has 2 aromatic rings. The first-order valence-corrected chi connectivity index (χ1v) is 10.0. The number of aromatic nitrogens is 2. The van der Waals surface area contributed by atoms with Gasteiger partial charge in [-0.3, -0.25) is 4.79 Å². The Balaban J connectivity index is 1.67. The summed E-state index contributed by atoms with van der Waals surface area (Å²) < 4.78 is 52.3. The van der Waals surface area contributed by atoms with Gasteiger partial charge < -0.3 is 14.6 Å². The van der Waals surface area contributed by atoms with Gasteiger partial charge in [-0.05, 0) is 12.8 Å². The Morgan fingerprint density at radius 2 is 2.21 bits per heavy atom. The Morgan fingerprint density at radius 1 is 1.39 bits per heavy atom. The molecule has 2 aliphatic heterocycles. The summed E-state index contributed by atoms with van der Waals surface area (Å²) in [5.74, 6) is -2.29. The summed E-state index contributed by atoms with van der Waals surface area (Å²) >= 11 is 0. The highest BCUT2D eigenvalue weighted by Gasteiger charge is 2.38. The normalized spacial score (nSPS) is 21.7. The third kappa shape index (κ3) is 3.40. The predicted octanol–water partition coefficient (Wildman–Crippen LogP) is 0.461. The minimum Gasteiger partial charge on any atom is -0.506 e. The molecule has 1 aromatic carbocycles. The van der Waals surface area contributed by atoms with Crippen LogP contribution in [0, 0.1) is 11.7 Å². The van der Waals surface area contributed by atoms with Crippen LogP contribution in [0.1, 0.15) is 12.8 Å². The number of carbonyl (C=O) groups excluding carboxylic acids is 1. The van der Waals surface area contributed by atoms with Crippen molar-refractivity contribution in [3.05, 3.63) is 17.9 Å². The number of nitrogens with zero attached hydrogens (tertiary/aromatic N) is 3. The molecular weight excluding hydrogens is 395 g/mol. The van der Waals surface area contributed by atoms with Gasteiger partial charge in [0.15, 0.2) is 5.82 Å². The average molecular weight is 412 g/mol. The maximum absolute atomic E-state index is 15.1. The Bertz CT molecular complexity index is 1040. The van der Waals surface area contributed by atoms with E-state index in [1.807, 2.05) is 0 Å². The number of halogens is 1. The first-order chi connectivity index (χ1) is 13.3. The Labute approximate surface area is 159 Å². The summed E-state index contributed by atoms with van der Waals surface area (Å²) in [6.45, 7) is 0.981. The van der Waals surface area contributed by atoms with Crippen LogP contribution in [0.3, 0.4) is 0 Å². The lowest BCUT2D eigenvalue weighted by Gasteiger charge is -2.21. The smallest absolute Gasteiger partial charge is 0.326 e. The molecule has 3 heterocycles. The number of phenols is 1.